The number of amides is 1. The fraction of sp³-hybridized carbons (Fsp3) is 0.550. The number of hydrogen-bond acceptors (Lipinski definition) is 5. The standard InChI is InChI=1S/C20H26N2O4S2/c1-26-15-2-3-19-17(10-15)18(11-21-19)14-4-7-22(8-5-14)20(23)12-27-16-6-9-28(24,25)13-16/h2-3,10-11,14,16,21H,4-9,12-13H2,1H3. The number of fused-ring (bicyclic) bond motifs is 1. The van der Waals surface area contributed by atoms with Crippen molar-refractivity contribution in [3.05, 3.63) is 30.0 Å². The Hall–Kier alpha value is -1.67. The van der Waals surface area contributed by atoms with Gasteiger partial charge in [0.05, 0.1) is 24.4 Å². The summed E-state index contributed by atoms with van der Waals surface area (Å²) in [6.07, 6.45) is 4.64. The molecule has 1 N–H and O–H groups in total. The Kier molecular flexibility index (Phi) is 5.60. The lowest BCUT2D eigenvalue weighted by atomic mass is 9.89. The number of sulfone groups is 1. The predicted octanol–water partition coefficient (Wildman–Crippen LogP) is 2.80. The van der Waals surface area contributed by atoms with Gasteiger partial charge < -0.3 is 14.6 Å². The summed E-state index contributed by atoms with van der Waals surface area (Å²) in [5.41, 5.74) is 2.41. The maximum atomic E-state index is 12.5. The average Bonchev–Trinajstić information content (AvgIpc) is 3.28. The highest BCUT2D eigenvalue weighted by Crippen LogP contribution is 2.35. The summed E-state index contributed by atoms with van der Waals surface area (Å²) in [5, 5.41) is 1.27. The summed E-state index contributed by atoms with van der Waals surface area (Å²) >= 11 is 1.50. The predicted molar refractivity (Wildman–Crippen MR) is 113 cm³/mol. The van der Waals surface area contributed by atoms with Crippen LogP contribution in [0.4, 0.5) is 0 Å². The first kappa shape index (κ1) is 19.6. The van der Waals surface area contributed by atoms with Crippen molar-refractivity contribution in [3.8, 4) is 5.75 Å². The Labute approximate surface area is 169 Å². The molecule has 2 aliphatic heterocycles. The van der Waals surface area contributed by atoms with Crippen LogP contribution in [0.15, 0.2) is 24.4 Å². The molecule has 0 spiro atoms. The van der Waals surface area contributed by atoms with Crippen molar-refractivity contribution < 1.29 is 17.9 Å². The third-order valence-corrected chi connectivity index (χ3v) is 9.11. The molecule has 2 saturated heterocycles. The molecule has 0 aliphatic carbocycles. The number of methoxy groups -OCH3 is 1. The van der Waals surface area contributed by atoms with E-state index in [0.717, 1.165) is 37.2 Å². The van der Waals surface area contributed by atoms with Crippen molar-refractivity contribution in [2.75, 3.05) is 37.5 Å². The fourth-order valence-corrected chi connectivity index (χ4v) is 7.74. The molecule has 1 aromatic heterocycles. The summed E-state index contributed by atoms with van der Waals surface area (Å²) in [7, 11) is -1.20. The van der Waals surface area contributed by atoms with E-state index in [9.17, 15) is 13.2 Å². The molecule has 0 saturated carbocycles. The minimum Gasteiger partial charge on any atom is -0.497 e. The Morgan fingerprint density at radius 2 is 2.07 bits per heavy atom. The van der Waals surface area contributed by atoms with E-state index in [1.807, 2.05) is 17.0 Å². The topological polar surface area (TPSA) is 79.5 Å². The number of ether oxygens (including phenoxy) is 1. The normalized spacial score (nSPS) is 22.6. The highest BCUT2D eigenvalue weighted by atomic mass is 32.2. The molecule has 0 radical (unpaired) electrons. The molecule has 8 heteroatoms. The molecule has 1 unspecified atom stereocenters. The van der Waals surface area contributed by atoms with Gasteiger partial charge in [-0.1, -0.05) is 0 Å². The Balaban J connectivity index is 1.33. The van der Waals surface area contributed by atoms with Crippen molar-refractivity contribution >= 4 is 38.4 Å². The van der Waals surface area contributed by atoms with Crippen LogP contribution in [0.3, 0.4) is 0 Å². The van der Waals surface area contributed by atoms with E-state index < -0.39 is 9.84 Å². The number of rotatable bonds is 5. The number of carbonyl (C=O) groups is 1. The fourth-order valence-electron chi connectivity index (χ4n) is 4.20. The number of carbonyl (C=O) groups excluding carboxylic acids is 1. The molecule has 1 amide bonds. The highest BCUT2D eigenvalue weighted by molar-refractivity contribution is 8.02. The minimum atomic E-state index is -2.88. The smallest absolute Gasteiger partial charge is 0.232 e. The quantitative estimate of drug-likeness (QED) is 0.802. The first-order valence-corrected chi connectivity index (χ1v) is 12.6. The van der Waals surface area contributed by atoms with E-state index in [1.54, 1.807) is 7.11 Å². The zero-order chi connectivity index (χ0) is 19.7. The first-order chi connectivity index (χ1) is 13.4. The van der Waals surface area contributed by atoms with Gasteiger partial charge in [0.15, 0.2) is 9.84 Å². The van der Waals surface area contributed by atoms with Crippen LogP contribution in [0.5, 0.6) is 5.75 Å². The zero-order valence-corrected chi connectivity index (χ0v) is 17.7. The summed E-state index contributed by atoms with van der Waals surface area (Å²) < 4.78 is 28.5. The third kappa shape index (κ3) is 4.17. The van der Waals surface area contributed by atoms with Crippen LogP contribution in [0.2, 0.25) is 0 Å². The van der Waals surface area contributed by atoms with Gasteiger partial charge in [0.1, 0.15) is 5.75 Å². The van der Waals surface area contributed by atoms with E-state index in [1.165, 1.54) is 22.7 Å². The van der Waals surface area contributed by atoms with Crippen LogP contribution < -0.4 is 4.74 Å². The van der Waals surface area contributed by atoms with E-state index in [2.05, 4.69) is 17.2 Å². The third-order valence-electron chi connectivity index (χ3n) is 5.84. The van der Waals surface area contributed by atoms with Gasteiger partial charge in [-0.05, 0) is 48.9 Å². The van der Waals surface area contributed by atoms with Crippen LogP contribution in [0.1, 0.15) is 30.7 Å². The molecule has 1 atom stereocenters. The molecule has 28 heavy (non-hydrogen) atoms. The van der Waals surface area contributed by atoms with E-state index in [-0.39, 0.29) is 22.7 Å². The summed E-state index contributed by atoms with van der Waals surface area (Å²) in [4.78, 5) is 17.8. The van der Waals surface area contributed by atoms with Gasteiger partial charge in [-0.25, -0.2) is 8.42 Å². The van der Waals surface area contributed by atoms with Crippen LogP contribution in [0, 0.1) is 0 Å². The second-order valence-electron chi connectivity index (χ2n) is 7.65. The number of nitrogens with zero attached hydrogens (tertiary/aromatic N) is 1. The van der Waals surface area contributed by atoms with Crippen molar-refractivity contribution in [3.63, 3.8) is 0 Å². The highest BCUT2D eigenvalue weighted by Gasteiger charge is 2.30. The summed E-state index contributed by atoms with van der Waals surface area (Å²) in [5.74, 6) is 2.28. The second-order valence-corrected chi connectivity index (χ2v) is 11.2. The number of piperidine rings is 1. The lowest BCUT2D eigenvalue weighted by molar-refractivity contribution is -0.129. The van der Waals surface area contributed by atoms with Gasteiger partial charge in [0.25, 0.3) is 0 Å². The summed E-state index contributed by atoms with van der Waals surface area (Å²) in [6, 6.07) is 6.07. The molecule has 3 heterocycles. The average molecular weight is 423 g/mol. The molecule has 2 aliphatic rings. The number of hydrogen-bond donors (Lipinski definition) is 1. The van der Waals surface area contributed by atoms with Gasteiger partial charge in [-0.15, -0.1) is 11.8 Å². The molecule has 4 rings (SSSR count). The molecule has 0 bridgehead atoms. The number of aromatic amines is 1. The Bertz CT molecular complexity index is 962. The maximum absolute atomic E-state index is 12.5. The van der Waals surface area contributed by atoms with Gasteiger partial charge in [0.2, 0.25) is 5.91 Å². The van der Waals surface area contributed by atoms with Crippen molar-refractivity contribution in [1.29, 1.82) is 0 Å². The largest absolute Gasteiger partial charge is 0.497 e. The van der Waals surface area contributed by atoms with Crippen LogP contribution in [0.25, 0.3) is 10.9 Å². The number of benzene rings is 1. The zero-order valence-electron chi connectivity index (χ0n) is 16.0. The van der Waals surface area contributed by atoms with Gasteiger partial charge in [-0.2, -0.15) is 0 Å². The molecule has 6 nitrogen and oxygen atoms in total. The number of aromatic nitrogens is 1. The van der Waals surface area contributed by atoms with Crippen LogP contribution in [-0.2, 0) is 14.6 Å². The molecule has 2 fully saturated rings. The second kappa shape index (κ2) is 7.99. The number of nitrogens with one attached hydrogen (secondary N) is 1. The van der Waals surface area contributed by atoms with Gasteiger partial charge in [0, 0.05) is 35.4 Å². The lowest BCUT2D eigenvalue weighted by Gasteiger charge is -2.32. The minimum absolute atomic E-state index is 0.0766. The molecular formula is C20H26N2O4S2. The summed E-state index contributed by atoms with van der Waals surface area (Å²) in [6.45, 7) is 1.51. The number of H-pyrrole nitrogens is 1. The van der Waals surface area contributed by atoms with Crippen LogP contribution in [-0.4, -0.2) is 66.9 Å². The van der Waals surface area contributed by atoms with E-state index in [4.69, 9.17) is 4.74 Å². The monoisotopic (exact) mass is 422 g/mol. The van der Waals surface area contributed by atoms with Crippen LogP contribution >= 0.6 is 11.8 Å². The molecule has 152 valence electrons. The van der Waals surface area contributed by atoms with Crippen molar-refractivity contribution in [1.82, 2.24) is 9.88 Å². The van der Waals surface area contributed by atoms with Gasteiger partial charge >= 0.3 is 0 Å². The Morgan fingerprint density at radius 3 is 2.75 bits per heavy atom. The van der Waals surface area contributed by atoms with E-state index in [0.29, 0.717) is 18.1 Å². The van der Waals surface area contributed by atoms with E-state index >= 15 is 0 Å². The van der Waals surface area contributed by atoms with Crippen molar-refractivity contribution in [2.24, 2.45) is 0 Å². The molecule has 2 aromatic rings. The maximum Gasteiger partial charge on any atom is 0.232 e. The first-order valence-electron chi connectivity index (χ1n) is 9.70. The van der Waals surface area contributed by atoms with Crippen molar-refractivity contribution in [2.45, 2.75) is 30.4 Å². The molecular weight excluding hydrogens is 396 g/mol. The lowest BCUT2D eigenvalue weighted by Crippen LogP contribution is -2.39. The Morgan fingerprint density at radius 1 is 1.29 bits per heavy atom. The number of likely N-dealkylation sites (tertiary alicyclic amines) is 1. The number of thioether (sulfide) groups is 1. The SMILES string of the molecule is COc1ccc2[nH]cc(C3CCN(C(=O)CSC4CCS(=O)(=O)C4)CC3)c2c1. The molecule has 1 aromatic carbocycles. The van der Waals surface area contributed by atoms with Gasteiger partial charge in [-0.3, -0.25) is 4.79 Å².